The molecule has 1 aromatic carbocycles. The van der Waals surface area contributed by atoms with Crippen molar-refractivity contribution in [1.82, 2.24) is 0 Å². The Kier molecular flexibility index (Phi) is 2.86. The maximum absolute atomic E-state index is 5.57. The second kappa shape index (κ2) is 3.90. The first-order valence-electron chi connectivity index (χ1n) is 4.09. The minimum Gasteiger partial charge on any atom is -0.399 e. The summed E-state index contributed by atoms with van der Waals surface area (Å²) in [6.45, 7) is 2.10. The van der Waals surface area contributed by atoms with E-state index in [-0.39, 0.29) is 0 Å². The molecule has 0 aliphatic carbocycles. The molecule has 0 heterocycles. The van der Waals surface area contributed by atoms with Crippen LogP contribution in [0.1, 0.15) is 18.9 Å². The molecule has 0 spiro atoms. The van der Waals surface area contributed by atoms with Crippen LogP contribution in [0.5, 0.6) is 0 Å². The average molecular weight is 162 g/mol. The monoisotopic (exact) mass is 162 g/mol. The number of anilines is 1. The summed E-state index contributed by atoms with van der Waals surface area (Å²) in [6, 6.07) is 7.80. The lowest BCUT2D eigenvalue weighted by atomic mass is 10.1. The van der Waals surface area contributed by atoms with Crippen LogP contribution < -0.4 is 5.73 Å². The van der Waals surface area contributed by atoms with E-state index >= 15 is 0 Å². The topological polar surface area (TPSA) is 38.4 Å². The highest BCUT2D eigenvalue weighted by Gasteiger charge is 1.97. The summed E-state index contributed by atoms with van der Waals surface area (Å²) in [7, 11) is 1.81. The van der Waals surface area contributed by atoms with Gasteiger partial charge in [0.1, 0.15) is 0 Å². The van der Waals surface area contributed by atoms with E-state index in [0.29, 0.717) is 0 Å². The van der Waals surface area contributed by atoms with Gasteiger partial charge in [0, 0.05) is 18.4 Å². The number of hydrogen-bond acceptors (Lipinski definition) is 2. The first-order chi connectivity index (χ1) is 5.77. The van der Waals surface area contributed by atoms with Crippen molar-refractivity contribution in [3.05, 3.63) is 29.8 Å². The van der Waals surface area contributed by atoms with Crippen LogP contribution in [-0.2, 0) is 0 Å². The Morgan fingerprint density at radius 1 is 1.33 bits per heavy atom. The Bertz CT molecular complexity index is 272. The van der Waals surface area contributed by atoms with E-state index in [1.165, 1.54) is 0 Å². The van der Waals surface area contributed by atoms with Gasteiger partial charge in [0.15, 0.2) is 0 Å². The normalized spacial score (nSPS) is 11.7. The van der Waals surface area contributed by atoms with Gasteiger partial charge in [-0.2, -0.15) is 0 Å². The van der Waals surface area contributed by atoms with Crippen molar-refractivity contribution in [1.29, 1.82) is 0 Å². The fraction of sp³-hybridized carbons (Fsp3) is 0.300. The molecule has 2 heteroatoms. The molecule has 2 N–H and O–H groups in total. The summed E-state index contributed by atoms with van der Waals surface area (Å²) in [5.74, 6) is 0. The lowest BCUT2D eigenvalue weighted by molar-refractivity contribution is 1.24. The minimum absolute atomic E-state index is 0.797. The van der Waals surface area contributed by atoms with Gasteiger partial charge in [-0.1, -0.05) is 19.1 Å². The third-order valence-corrected chi connectivity index (χ3v) is 1.85. The zero-order chi connectivity index (χ0) is 8.97. The lowest BCUT2D eigenvalue weighted by Crippen LogP contribution is -1.98. The van der Waals surface area contributed by atoms with Crippen LogP contribution in [0.4, 0.5) is 5.69 Å². The van der Waals surface area contributed by atoms with E-state index in [0.717, 1.165) is 23.4 Å². The Labute approximate surface area is 73.1 Å². The Balaban J connectivity index is 2.96. The van der Waals surface area contributed by atoms with Crippen LogP contribution in [0, 0.1) is 0 Å². The van der Waals surface area contributed by atoms with Crippen LogP contribution in [0.15, 0.2) is 29.3 Å². The number of nitrogens with two attached hydrogens (primary N) is 1. The van der Waals surface area contributed by atoms with Gasteiger partial charge in [0.05, 0.1) is 0 Å². The molecule has 0 saturated heterocycles. The highest BCUT2D eigenvalue weighted by Crippen LogP contribution is 2.08. The molecular weight excluding hydrogens is 148 g/mol. The van der Waals surface area contributed by atoms with Crippen molar-refractivity contribution in [3.63, 3.8) is 0 Å². The number of nitrogen functional groups attached to an aromatic ring is 1. The van der Waals surface area contributed by atoms with Gasteiger partial charge < -0.3 is 5.73 Å². The maximum Gasteiger partial charge on any atom is 0.0414 e. The fourth-order valence-corrected chi connectivity index (χ4v) is 1.17. The van der Waals surface area contributed by atoms with Crippen molar-refractivity contribution in [2.75, 3.05) is 12.8 Å². The molecule has 1 aromatic rings. The van der Waals surface area contributed by atoms with Crippen molar-refractivity contribution >= 4 is 11.4 Å². The van der Waals surface area contributed by atoms with Gasteiger partial charge in [-0.25, -0.2) is 0 Å². The van der Waals surface area contributed by atoms with E-state index < -0.39 is 0 Å². The van der Waals surface area contributed by atoms with Gasteiger partial charge in [0.25, 0.3) is 0 Å². The van der Waals surface area contributed by atoms with Crippen LogP contribution in [0.25, 0.3) is 0 Å². The van der Waals surface area contributed by atoms with Gasteiger partial charge in [-0.05, 0) is 24.1 Å². The SMILES string of the molecule is CCC(=NC)c1ccc(N)cc1. The number of hydrogen-bond donors (Lipinski definition) is 1. The van der Waals surface area contributed by atoms with Crippen LogP contribution >= 0.6 is 0 Å². The number of benzene rings is 1. The fourth-order valence-electron chi connectivity index (χ4n) is 1.17. The standard InChI is InChI=1S/C10H14N2/c1-3-10(12-2)8-4-6-9(11)7-5-8/h4-7H,3,11H2,1-2H3. The average Bonchev–Trinajstić information content (AvgIpc) is 2.10. The summed E-state index contributed by atoms with van der Waals surface area (Å²) in [4.78, 5) is 4.18. The molecule has 0 atom stereocenters. The van der Waals surface area contributed by atoms with Gasteiger partial charge >= 0.3 is 0 Å². The van der Waals surface area contributed by atoms with E-state index in [2.05, 4.69) is 11.9 Å². The van der Waals surface area contributed by atoms with Crippen molar-refractivity contribution in [2.24, 2.45) is 4.99 Å². The molecule has 2 nitrogen and oxygen atoms in total. The van der Waals surface area contributed by atoms with Crippen molar-refractivity contribution in [3.8, 4) is 0 Å². The zero-order valence-electron chi connectivity index (χ0n) is 7.54. The molecule has 0 aromatic heterocycles. The van der Waals surface area contributed by atoms with Crippen LogP contribution in [0.3, 0.4) is 0 Å². The third-order valence-electron chi connectivity index (χ3n) is 1.85. The summed E-state index contributed by atoms with van der Waals surface area (Å²) in [6.07, 6.45) is 0.959. The predicted octanol–water partition coefficient (Wildman–Crippen LogP) is 2.10. The quantitative estimate of drug-likeness (QED) is 0.525. The van der Waals surface area contributed by atoms with E-state index in [9.17, 15) is 0 Å². The molecule has 0 radical (unpaired) electrons. The van der Waals surface area contributed by atoms with Crippen LogP contribution in [0.2, 0.25) is 0 Å². The summed E-state index contributed by atoms with van der Waals surface area (Å²) >= 11 is 0. The van der Waals surface area contributed by atoms with E-state index in [1.807, 2.05) is 31.3 Å². The Hall–Kier alpha value is -1.31. The molecule has 0 saturated carbocycles. The molecule has 0 bridgehead atoms. The first-order valence-corrected chi connectivity index (χ1v) is 4.09. The van der Waals surface area contributed by atoms with Crippen molar-refractivity contribution in [2.45, 2.75) is 13.3 Å². The van der Waals surface area contributed by atoms with Crippen LogP contribution in [-0.4, -0.2) is 12.8 Å². The molecule has 0 amide bonds. The predicted molar refractivity (Wildman–Crippen MR) is 53.6 cm³/mol. The van der Waals surface area contributed by atoms with Gasteiger partial charge in [-0.15, -0.1) is 0 Å². The molecule has 0 fully saturated rings. The number of aliphatic imine (C=N–C) groups is 1. The van der Waals surface area contributed by atoms with Crippen molar-refractivity contribution < 1.29 is 0 Å². The molecule has 1 rings (SSSR count). The molecule has 12 heavy (non-hydrogen) atoms. The third kappa shape index (κ3) is 1.84. The number of rotatable bonds is 2. The highest BCUT2D eigenvalue weighted by molar-refractivity contribution is 6.00. The smallest absolute Gasteiger partial charge is 0.0414 e. The highest BCUT2D eigenvalue weighted by atomic mass is 14.7. The summed E-state index contributed by atoms with van der Waals surface area (Å²) in [5.41, 5.74) is 8.65. The Morgan fingerprint density at radius 2 is 1.92 bits per heavy atom. The zero-order valence-corrected chi connectivity index (χ0v) is 7.54. The Morgan fingerprint density at radius 3 is 2.33 bits per heavy atom. The minimum atomic E-state index is 0.797. The molecule has 0 aliphatic heterocycles. The second-order valence-corrected chi connectivity index (χ2v) is 2.65. The number of nitrogens with zero attached hydrogens (tertiary/aromatic N) is 1. The molecule has 0 aliphatic rings. The lowest BCUT2D eigenvalue weighted by Gasteiger charge is -2.02. The van der Waals surface area contributed by atoms with E-state index in [4.69, 9.17) is 5.73 Å². The summed E-state index contributed by atoms with van der Waals surface area (Å²) < 4.78 is 0. The molecule has 0 unspecified atom stereocenters. The van der Waals surface area contributed by atoms with Gasteiger partial charge in [-0.3, -0.25) is 4.99 Å². The maximum atomic E-state index is 5.57. The molecular formula is C10H14N2. The second-order valence-electron chi connectivity index (χ2n) is 2.65. The first kappa shape index (κ1) is 8.78. The summed E-state index contributed by atoms with van der Waals surface area (Å²) in [5, 5.41) is 0. The van der Waals surface area contributed by atoms with Gasteiger partial charge in [0.2, 0.25) is 0 Å². The molecule has 64 valence electrons. The largest absolute Gasteiger partial charge is 0.399 e. The van der Waals surface area contributed by atoms with E-state index in [1.54, 1.807) is 0 Å².